The summed E-state index contributed by atoms with van der Waals surface area (Å²) in [5, 5.41) is 2.32. The summed E-state index contributed by atoms with van der Waals surface area (Å²) < 4.78 is 9.23. The van der Waals surface area contributed by atoms with Gasteiger partial charge in [-0.1, -0.05) is 209 Å². The quantitative estimate of drug-likeness (QED) is 0.114. The van der Waals surface area contributed by atoms with Gasteiger partial charge in [-0.2, -0.15) is 0 Å². The Morgan fingerprint density at radius 3 is 1.44 bits per heavy atom. The van der Waals surface area contributed by atoms with E-state index in [1.54, 1.807) is 0 Å². The van der Waals surface area contributed by atoms with Crippen LogP contribution in [-0.4, -0.2) is 16.2 Å². The summed E-state index contributed by atoms with van der Waals surface area (Å²) in [7, 11) is 0. The minimum Gasteiger partial charge on any atom is -0.457 e. The highest BCUT2D eigenvalue weighted by atomic mass is 16.5. The van der Waals surface area contributed by atoms with Crippen molar-refractivity contribution in [3.8, 4) is 28.4 Å². The third-order valence-electron chi connectivity index (χ3n) is 16.6. The van der Waals surface area contributed by atoms with Gasteiger partial charge in [0.25, 0.3) is 0 Å². The predicted octanol–water partition coefficient (Wildman–Crippen LogP) is 18.9. The van der Waals surface area contributed by atoms with Gasteiger partial charge in [0.15, 0.2) is 0 Å². The van der Waals surface area contributed by atoms with Crippen molar-refractivity contribution < 1.29 is 4.74 Å². The maximum absolute atomic E-state index is 6.96. The Bertz CT molecular complexity index is 3960. The van der Waals surface area contributed by atoms with Crippen molar-refractivity contribution in [2.75, 3.05) is 16.5 Å². The van der Waals surface area contributed by atoms with E-state index in [4.69, 9.17) is 9.72 Å². The molecule has 79 heavy (non-hydrogen) atoms. The SMILES string of the molecule is CC(C)(C)c1ccnc(-n2c3ccccc3c3ccc(Oc4cccc(N5CN(c6c(C(C)(c7ccccc7)c7ccccc7)cc(-c7ccccc7)cc6C(C)(c6ccccc6)c6ccccc6)c6ccccc65)c4)cc32)c1. The molecule has 10 aromatic carbocycles. The summed E-state index contributed by atoms with van der Waals surface area (Å²) in [4.78, 5) is 9.98. The van der Waals surface area contributed by atoms with Crippen LogP contribution in [0.3, 0.4) is 0 Å². The van der Waals surface area contributed by atoms with Gasteiger partial charge in [0.05, 0.1) is 28.1 Å². The molecule has 5 heteroatoms. The molecule has 0 saturated heterocycles. The number of ether oxygens (including phenoxy) is 1. The standard InChI is InChI=1S/C74H62N4O/c1-72(2,3)58-44-45-75-70(48-58)78-66-39-22-21-38-62(66)63-43-42-61(50-69(63)78)79-60-37-25-36-59(49-60)76-51-77(68-41-24-23-40-67(68)76)71-64(73(4,54-28-13-7-14-29-54)55-30-15-8-16-31-55)46-53(52-26-11-6-12-27-52)47-65(71)74(5,56-32-17-9-18-33-56)57-34-19-10-20-35-57/h6-50H,51H2,1-5H3. The molecule has 1 aliphatic heterocycles. The monoisotopic (exact) mass is 1020 g/mol. The molecular formula is C74H62N4O. The number of para-hydroxylation sites is 3. The molecule has 384 valence electrons. The molecule has 0 fully saturated rings. The van der Waals surface area contributed by atoms with Crippen LogP contribution in [0.5, 0.6) is 11.5 Å². The molecular weight excluding hydrogens is 961 g/mol. The Hall–Kier alpha value is -9.45. The van der Waals surface area contributed by atoms with E-state index >= 15 is 0 Å². The van der Waals surface area contributed by atoms with E-state index in [0.717, 1.165) is 61.9 Å². The fraction of sp³-hybridized carbons (Fsp3) is 0.122. The molecule has 2 aromatic heterocycles. The highest BCUT2D eigenvalue weighted by Gasteiger charge is 2.43. The lowest BCUT2D eigenvalue weighted by atomic mass is 9.65. The van der Waals surface area contributed by atoms with Crippen molar-refractivity contribution in [3.05, 3.63) is 312 Å². The minimum absolute atomic E-state index is 0.0317. The second-order valence-electron chi connectivity index (χ2n) is 22.3. The van der Waals surface area contributed by atoms with Crippen LogP contribution in [0.15, 0.2) is 273 Å². The smallest absolute Gasteiger partial charge is 0.137 e. The van der Waals surface area contributed by atoms with Crippen molar-refractivity contribution in [1.82, 2.24) is 9.55 Å². The van der Waals surface area contributed by atoms with Gasteiger partial charge in [0.1, 0.15) is 24.0 Å². The van der Waals surface area contributed by atoms with Crippen molar-refractivity contribution in [3.63, 3.8) is 0 Å². The average molecular weight is 1020 g/mol. The number of nitrogens with zero attached hydrogens (tertiary/aromatic N) is 4. The van der Waals surface area contributed by atoms with Gasteiger partial charge >= 0.3 is 0 Å². The Kier molecular flexibility index (Phi) is 12.3. The van der Waals surface area contributed by atoms with Crippen molar-refractivity contribution in [2.24, 2.45) is 0 Å². The highest BCUT2D eigenvalue weighted by Crippen LogP contribution is 2.56. The predicted molar refractivity (Wildman–Crippen MR) is 328 cm³/mol. The Balaban J connectivity index is 0.995. The van der Waals surface area contributed by atoms with Crippen LogP contribution < -0.4 is 14.5 Å². The van der Waals surface area contributed by atoms with E-state index < -0.39 is 10.8 Å². The number of fused-ring (bicyclic) bond motifs is 4. The molecule has 0 unspecified atom stereocenters. The number of aromatic nitrogens is 2. The molecule has 5 nitrogen and oxygen atoms in total. The van der Waals surface area contributed by atoms with Crippen LogP contribution in [0.1, 0.15) is 73.6 Å². The van der Waals surface area contributed by atoms with E-state index in [2.05, 4.69) is 316 Å². The Morgan fingerprint density at radius 1 is 0.380 bits per heavy atom. The van der Waals surface area contributed by atoms with Crippen molar-refractivity contribution in [1.29, 1.82) is 0 Å². The molecule has 0 bridgehead atoms. The number of hydrogen-bond donors (Lipinski definition) is 0. The van der Waals surface area contributed by atoms with Crippen LogP contribution in [0.4, 0.5) is 22.7 Å². The first-order chi connectivity index (χ1) is 38.6. The number of hydrogen-bond acceptors (Lipinski definition) is 4. The first-order valence-electron chi connectivity index (χ1n) is 27.5. The third-order valence-corrected chi connectivity index (χ3v) is 16.6. The number of anilines is 4. The second-order valence-corrected chi connectivity index (χ2v) is 22.3. The van der Waals surface area contributed by atoms with E-state index in [1.165, 1.54) is 50.0 Å². The molecule has 0 N–H and O–H groups in total. The van der Waals surface area contributed by atoms with E-state index in [1.807, 2.05) is 6.20 Å². The molecule has 3 heterocycles. The molecule has 12 aromatic rings. The summed E-state index contributed by atoms with van der Waals surface area (Å²) in [6, 6.07) is 97.0. The first kappa shape index (κ1) is 49.1. The van der Waals surface area contributed by atoms with Gasteiger partial charge in [-0.25, -0.2) is 4.98 Å². The molecule has 0 atom stereocenters. The lowest BCUT2D eigenvalue weighted by Gasteiger charge is -2.42. The fourth-order valence-electron chi connectivity index (χ4n) is 12.3. The lowest BCUT2D eigenvalue weighted by Crippen LogP contribution is -2.35. The molecule has 0 aliphatic carbocycles. The second kappa shape index (κ2) is 19.8. The van der Waals surface area contributed by atoms with Crippen LogP contribution in [0, 0.1) is 0 Å². The van der Waals surface area contributed by atoms with Crippen LogP contribution in [0.2, 0.25) is 0 Å². The average Bonchev–Trinajstić information content (AvgIpc) is 4.29. The van der Waals surface area contributed by atoms with Gasteiger partial charge in [-0.15, -0.1) is 0 Å². The fourth-order valence-corrected chi connectivity index (χ4v) is 12.3. The van der Waals surface area contributed by atoms with Crippen molar-refractivity contribution >= 4 is 44.6 Å². The molecule has 1 aliphatic rings. The maximum atomic E-state index is 6.96. The van der Waals surface area contributed by atoms with E-state index in [9.17, 15) is 0 Å². The third kappa shape index (κ3) is 8.63. The zero-order valence-electron chi connectivity index (χ0n) is 45.4. The minimum atomic E-state index is -0.625. The van der Waals surface area contributed by atoms with Gasteiger partial charge in [0.2, 0.25) is 0 Å². The van der Waals surface area contributed by atoms with Gasteiger partial charge in [0, 0.05) is 45.6 Å². The summed E-state index contributed by atoms with van der Waals surface area (Å²) in [6.07, 6.45) is 1.93. The van der Waals surface area contributed by atoms with Crippen LogP contribution in [-0.2, 0) is 16.2 Å². The molecule has 0 amide bonds. The number of pyridine rings is 1. The number of benzene rings is 10. The summed E-state index contributed by atoms with van der Waals surface area (Å²) >= 11 is 0. The largest absolute Gasteiger partial charge is 0.457 e. The van der Waals surface area contributed by atoms with Gasteiger partial charge in [-0.05, 0) is 136 Å². The van der Waals surface area contributed by atoms with Crippen molar-refractivity contribution in [2.45, 2.75) is 50.9 Å². The summed E-state index contributed by atoms with van der Waals surface area (Å²) in [6.45, 7) is 12.1. The Labute approximate surface area is 464 Å². The zero-order valence-corrected chi connectivity index (χ0v) is 45.4. The molecule has 13 rings (SSSR count). The molecule has 0 saturated carbocycles. The topological polar surface area (TPSA) is 33.5 Å². The summed E-state index contributed by atoms with van der Waals surface area (Å²) in [5.74, 6) is 2.38. The van der Waals surface area contributed by atoms with Gasteiger partial charge in [-0.3, -0.25) is 4.57 Å². The Morgan fingerprint density at radius 2 is 0.873 bits per heavy atom. The first-order valence-corrected chi connectivity index (χ1v) is 27.5. The molecule has 0 radical (unpaired) electrons. The summed E-state index contributed by atoms with van der Waals surface area (Å²) in [5.41, 5.74) is 16.1. The lowest BCUT2D eigenvalue weighted by molar-refractivity contribution is 0.483. The van der Waals surface area contributed by atoms with E-state index in [0.29, 0.717) is 6.67 Å². The normalized spacial score (nSPS) is 12.8. The van der Waals surface area contributed by atoms with Gasteiger partial charge < -0.3 is 14.5 Å². The van der Waals surface area contributed by atoms with E-state index in [-0.39, 0.29) is 5.41 Å². The maximum Gasteiger partial charge on any atom is 0.137 e. The molecule has 0 spiro atoms. The zero-order chi connectivity index (χ0) is 53.7. The number of rotatable bonds is 12. The van der Waals surface area contributed by atoms with Crippen LogP contribution in [0.25, 0.3) is 38.8 Å². The van der Waals surface area contributed by atoms with Crippen LogP contribution >= 0.6 is 0 Å². The highest BCUT2D eigenvalue weighted by molar-refractivity contribution is 6.09.